The lowest BCUT2D eigenvalue weighted by molar-refractivity contribution is 0.103. The number of nitrogens with zero attached hydrogens (tertiary/aromatic N) is 1. The molecule has 2 unspecified atom stereocenters. The summed E-state index contributed by atoms with van der Waals surface area (Å²) >= 11 is 6.14. The first-order chi connectivity index (χ1) is 8.11. The van der Waals surface area contributed by atoms with Crippen LogP contribution in [0.15, 0.2) is 18.2 Å². The first kappa shape index (κ1) is 12.7. The monoisotopic (exact) mass is 254 g/mol. The van der Waals surface area contributed by atoms with E-state index in [0.29, 0.717) is 24.0 Å². The maximum atomic E-state index is 9.88. The van der Waals surface area contributed by atoms with E-state index in [0.717, 1.165) is 24.2 Å². The summed E-state index contributed by atoms with van der Waals surface area (Å²) in [6, 6.07) is 5.92. The maximum absolute atomic E-state index is 9.88. The fourth-order valence-electron chi connectivity index (χ4n) is 2.18. The van der Waals surface area contributed by atoms with Gasteiger partial charge in [0, 0.05) is 30.3 Å². The zero-order chi connectivity index (χ0) is 12.4. The number of halogens is 1. The van der Waals surface area contributed by atoms with Crippen LogP contribution in [0, 0.1) is 5.92 Å². The summed E-state index contributed by atoms with van der Waals surface area (Å²) in [5.74, 6) is 0.380. The smallest absolute Gasteiger partial charge is 0.0741 e. The Morgan fingerprint density at radius 1 is 1.53 bits per heavy atom. The number of aliphatic hydroxyl groups excluding tert-OH is 1. The normalized spacial score (nSPS) is 25.1. The number of β-amino-alcohol motifs (C(OH)–C–C–N with tert-alkyl or cyclic N) is 1. The minimum absolute atomic E-state index is 0.253. The molecule has 1 aliphatic heterocycles. The van der Waals surface area contributed by atoms with Gasteiger partial charge < -0.3 is 15.7 Å². The Bertz CT molecular complexity index is 397. The molecule has 17 heavy (non-hydrogen) atoms. The summed E-state index contributed by atoms with van der Waals surface area (Å²) in [7, 11) is 0. The predicted octanol–water partition coefficient (Wildman–Crippen LogP) is 2.01. The van der Waals surface area contributed by atoms with Crippen LogP contribution in [0.4, 0.5) is 5.69 Å². The molecule has 0 bridgehead atoms. The quantitative estimate of drug-likeness (QED) is 0.849. The highest BCUT2D eigenvalue weighted by Crippen LogP contribution is 2.27. The second-order valence-corrected chi connectivity index (χ2v) is 5.17. The minimum Gasteiger partial charge on any atom is -0.391 e. The number of rotatable bonds is 2. The maximum Gasteiger partial charge on any atom is 0.0741 e. The molecule has 0 amide bonds. The van der Waals surface area contributed by atoms with E-state index in [2.05, 4.69) is 11.8 Å². The van der Waals surface area contributed by atoms with Crippen molar-refractivity contribution < 1.29 is 5.11 Å². The SMILES string of the molecule is CC1CCN(c2ccc(CN)c(Cl)c2)CC1O. The van der Waals surface area contributed by atoms with Crippen molar-refractivity contribution in [1.82, 2.24) is 0 Å². The molecule has 4 heteroatoms. The van der Waals surface area contributed by atoms with Gasteiger partial charge in [0.25, 0.3) is 0 Å². The Kier molecular flexibility index (Phi) is 3.92. The predicted molar refractivity (Wildman–Crippen MR) is 71.3 cm³/mol. The Morgan fingerprint density at radius 2 is 2.29 bits per heavy atom. The van der Waals surface area contributed by atoms with Crippen molar-refractivity contribution in [3.63, 3.8) is 0 Å². The second-order valence-electron chi connectivity index (χ2n) is 4.76. The fourth-order valence-corrected chi connectivity index (χ4v) is 2.43. The van der Waals surface area contributed by atoms with Gasteiger partial charge in [0.15, 0.2) is 0 Å². The van der Waals surface area contributed by atoms with Crippen molar-refractivity contribution >= 4 is 17.3 Å². The molecule has 2 rings (SSSR count). The van der Waals surface area contributed by atoms with Crippen LogP contribution in [0.3, 0.4) is 0 Å². The van der Waals surface area contributed by atoms with Crippen LogP contribution in [0.1, 0.15) is 18.9 Å². The van der Waals surface area contributed by atoms with Crippen molar-refractivity contribution in [3.8, 4) is 0 Å². The number of hydrogen-bond acceptors (Lipinski definition) is 3. The van der Waals surface area contributed by atoms with Crippen LogP contribution >= 0.6 is 11.6 Å². The summed E-state index contributed by atoms with van der Waals surface area (Å²) in [4.78, 5) is 2.18. The van der Waals surface area contributed by atoms with E-state index in [1.54, 1.807) is 0 Å². The van der Waals surface area contributed by atoms with Gasteiger partial charge in [-0.3, -0.25) is 0 Å². The summed E-state index contributed by atoms with van der Waals surface area (Å²) in [5, 5.41) is 10.6. The molecule has 1 heterocycles. The van der Waals surface area contributed by atoms with Crippen molar-refractivity contribution in [3.05, 3.63) is 28.8 Å². The van der Waals surface area contributed by atoms with E-state index in [1.807, 2.05) is 18.2 Å². The molecule has 0 aliphatic carbocycles. The van der Waals surface area contributed by atoms with Crippen molar-refractivity contribution in [2.24, 2.45) is 11.7 Å². The number of nitrogens with two attached hydrogens (primary N) is 1. The lowest BCUT2D eigenvalue weighted by Crippen LogP contribution is -2.42. The molecule has 0 aromatic heterocycles. The van der Waals surface area contributed by atoms with Crippen molar-refractivity contribution in [1.29, 1.82) is 0 Å². The van der Waals surface area contributed by atoms with E-state index >= 15 is 0 Å². The Hall–Kier alpha value is -0.770. The number of anilines is 1. The largest absolute Gasteiger partial charge is 0.391 e. The van der Waals surface area contributed by atoms with Crippen molar-refractivity contribution in [2.75, 3.05) is 18.0 Å². The first-order valence-electron chi connectivity index (χ1n) is 6.03. The molecule has 94 valence electrons. The molecule has 2 atom stereocenters. The third kappa shape index (κ3) is 2.73. The van der Waals surface area contributed by atoms with E-state index in [9.17, 15) is 5.11 Å². The topological polar surface area (TPSA) is 49.5 Å². The van der Waals surface area contributed by atoms with Crippen LogP contribution < -0.4 is 10.6 Å². The van der Waals surface area contributed by atoms with E-state index in [1.165, 1.54) is 0 Å². The van der Waals surface area contributed by atoms with Gasteiger partial charge in [-0.1, -0.05) is 24.6 Å². The molecule has 1 aliphatic rings. The van der Waals surface area contributed by atoms with Gasteiger partial charge >= 0.3 is 0 Å². The molecule has 0 radical (unpaired) electrons. The lowest BCUT2D eigenvalue weighted by atomic mass is 9.95. The van der Waals surface area contributed by atoms with Crippen LogP contribution in [-0.2, 0) is 6.54 Å². The Balaban J connectivity index is 2.15. The van der Waals surface area contributed by atoms with Gasteiger partial charge in [-0.15, -0.1) is 0 Å². The molecule has 1 aromatic carbocycles. The van der Waals surface area contributed by atoms with Crippen LogP contribution in [0.5, 0.6) is 0 Å². The number of hydrogen-bond donors (Lipinski definition) is 2. The molecule has 3 nitrogen and oxygen atoms in total. The molecule has 3 N–H and O–H groups in total. The van der Waals surface area contributed by atoms with Gasteiger partial charge in [-0.05, 0) is 30.0 Å². The molecule has 1 fully saturated rings. The molecular formula is C13H19ClN2O. The van der Waals surface area contributed by atoms with Crippen LogP contribution in [-0.4, -0.2) is 24.3 Å². The zero-order valence-electron chi connectivity index (χ0n) is 10.1. The third-order valence-corrected chi connectivity index (χ3v) is 3.89. The number of benzene rings is 1. The van der Waals surface area contributed by atoms with E-state index < -0.39 is 0 Å². The van der Waals surface area contributed by atoms with Crippen LogP contribution in [0.2, 0.25) is 5.02 Å². The zero-order valence-corrected chi connectivity index (χ0v) is 10.8. The van der Waals surface area contributed by atoms with Gasteiger partial charge in [0.05, 0.1) is 6.10 Å². The second kappa shape index (κ2) is 5.25. The molecule has 0 spiro atoms. The van der Waals surface area contributed by atoms with Crippen molar-refractivity contribution in [2.45, 2.75) is 26.0 Å². The molecule has 0 saturated carbocycles. The number of piperidine rings is 1. The highest BCUT2D eigenvalue weighted by Gasteiger charge is 2.24. The Labute approximate surface area is 107 Å². The van der Waals surface area contributed by atoms with E-state index in [-0.39, 0.29) is 6.10 Å². The Morgan fingerprint density at radius 3 is 2.88 bits per heavy atom. The molecule has 1 aromatic rings. The number of aliphatic hydroxyl groups is 1. The summed E-state index contributed by atoms with van der Waals surface area (Å²) in [6.07, 6.45) is 0.758. The van der Waals surface area contributed by atoms with E-state index in [4.69, 9.17) is 17.3 Å². The average Bonchev–Trinajstić information content (AvgIpc) is 2.32. The molecule has 1 saturated heterocycles. The highest BCUT2D eigenvalue weighted by atomic mass is 35.5. The summed E-state index contributed by atoms with van der Waals surface area (Å²) in [5.41, 5.74) is 7.61. The van der Waals surface area contributed by atoms with Gasteiger partial charge in [-0.25, -0.2) is 0 Å². The fraction of sp³-hybridized carbons (Fsp3) is 0.538. The van der Waals surface area contributed by atoms with Gasteiger partial charge in [0.2, 0.25) is 0 Å². The summed E-state index contributed by atoms with van der Waals surface area (Å²) < 4.78 is 0. The first-order valence-corrected chi connectivity index (χ1v) is 6.41. The minimum atomic E-state index is -0.253. The average molecular weight is 255 g/mol. The van der Waals surface area contributed by atoms with Gasteiger partial charge in [0.1, 0.15) is 0 Å². The lowest BCUT2D eigenvalue weighted by Gasteiger charge is -2.36. The standard InChI is InChI=1S/C13H19ClN2O/c1-9-4-5-16(8-13(9)17)11-3-2-10(7-15)12(14)6-11/h2-3,6,9,13,17H,4-5,7-8,15H2,1H3. The van der Waals surface area contributed by atoms with Gasteiger partial charge in [-0.2, -0.15) is 0 Å². The molecular weight excluding hydrogens is 236 g/mol. The van der Waals surface area contributed by atoms with Crippen LogP contribution in [0.25, 0.3) is 0 Å². The summed E-state index contributed by atoms with van der Waals surface area (Å²) in [6.45, 7) is 4.20. The highest BCUT2D eigenvalue weighted by molar-refractivity contribution is 6.31. The third-order valence-electron chi connectivity index (χ3n) is 3.54.